The van der Waals surface area contributed by atoms with Crippen LogP contribution in [0.1, 0.15) is 35.7 Å². The van der Waals surface area contributed by atoms with Gasteiger partial charge in [-0.3, -0.25) is 14.2 Å². The van der Waals surface area contributed by atoms with E-state index in [0.717, 1.165) is 28.8 Å². The van der Waals surface area contributed by atoms with E-state index in [1.54, 1.807) is 18.0 Å². The van der Waals surface area contributed by atoms with Crippen LogP contribution in [0.3, 0.4) is 0 Å². The van der Waals surface area contributed by atoms with Crippen molar-refractivity contribution in [2.75, 3.05) is 12.4 Å². The number of methoxy groups -OCH3 is 1. The van der Waals surface area contributed by atoms with Crippen LogP contribution in [0.5, 0.6) is 5.75 Å². The van der Waals surface area contributed by atoms with E-state index < -0.39 is 22.8 Å². The quantitative estimate of drug-likeness (QED) is 0.578. The molecular formula is C20H19ClF3N5O2. The first-order chi connectivity index (χ1) is 14.7. The molecule has 0 spiro atoms. The largest absolute Gasteiger partial charge is 0.497 e. The topological polar surface area (TPSA) is 74.0 Å². The maximum atomic E-state index is 13.2. The molecule has 7 nitrogen and oxygen atoms in total. The van der Waals surface area contributed by atoms with Crippen molar-refractivity contribution < 1.29 is 22.7 Å². The summed E-state index contributed by atoms with van der Waals surface area (Å²) < 4.78 is 47.4. The second-order valence-electron chi connectivity index (χ2n) is 7.30. The number of nitrogens with zero attached hydrogens (tertiary/aromatic N) is 4. The van der Waals surface area contributed by atoms with E-state index in [1.807, 2.05) is 24.3 Å². The van der Waals surface area contributed by atoms with Crippen molar-refractivity contribution in [3.63, 3.8) is 0 Å². The number of anilines is 1. The third kappa shape index (κ3) is 4.84. The number of rotatable bonds is 7. The Hall–Kier alpha value is -3.01. The maximum Gasteiger partial charge on any atom is 0.436 e. The summed E-state index contributed by atoms with van der Waals surface area (Å²) in [7, 11) is 1.58. The van der Waals surface area contributed by atoms with Crippen LogP contribution in [0.25, 0.3) is 0 Å². The molecule has 1 N–H and O–H groups in total. The van der Waals surface area contributed by atoms with E-state index in [1.165, 1.54) is 6.20 Å². The zero-order valence-electron chi connectivity index (χ0n) is 16.5. The average Bonchev–Trinajstić information content (AvgIpc) is 3.36. The van der Waals surface area contributed by atoms with E-state index >= 15 is 0 Å². The van der Waals surface area contributed by atoms with Gasteiger partial charge >= 0.3 is 6.18 Å². The SMILES string of the molecule is COc1cccc(Cn2cc(NC(=O)Cn3nc(C(F)(F)F)c(Cl)c3C3CC3)cn2)c1. The molecule has 164 valence electrons. The van der Waals surface area contributed by atoms with Crippen molar-refractivity contribution in [3.05, 3.63) is 58.6 Å². The van der Waals surface area contributed by atoms with Crippen molar-refractivity contribution in [1.82, 2.24) is 19.6 Å². The van der Waals surface area contributed by atoms with Gasteiger partial charge in [0.25, 0.3) is 0 Å². The predicted octanol–water partition coefficient (Wildman–Crippen LogP) is 4.32. The first-order valence-electron chi connectivity index (χ1n) is 9.53. The molecular weight excluding hydrogens is 435 g/mol. The number of ether oxygens (including phenoxy) is 1. The van der Waals surface area contributed by atoms with Crippen LogP contribution in [0, 0.1) is 0 Å². The molecule has 1 amide bonds. The second-order valence-corrected chi connectivity index (χ2v) is 7.68. The van der Waals surface area contributed by atoms with Gasteiger partial charge in [-0.1, -0.05) is 23.7 Å². The molecule has 0 atom stereocenters. The maximum absolute atomic E-state index is 13.2. The summed E-state index contributed by atoms with van der Waals surface area (Å²) in [5.74, 6) is 0.103. The highest BCUT2D eigenvalue weighted by Crippen LogP contribution is 2.46. The van der Waals surface area contributed by atoms with E-state index in [4.69, 9.17) is 16.3 Å². The highest BCUT2D eigenvalue weighted by Gasteiger charge is 2.42. The van der Waals surface area contributed by atoms with Crippen LogP contribution in [-0.2, 0) is 24.1 Å². The number of carbonyl (C=O) groups is 1. The van der Waals surface area contributed by atoms with Crippen LogP contribution in [-0.4, -0.2) is 32.6 Å². The molecule has 0 radical (unpaired) electrons. The summed E-state index contributed by atoms with van der Waals surface area (Å²) >= 11 is 5.94. The fourth-order valence-corrected chi connectivity index (χ4v) is 3.71. The molecule has 0 aliphatic heterocycles. The summed E-state index contributed by atoms with van der Waals surface area (Å²) in [6.07, 6.45) is -0.125. The third-order valence-corrected chi connectivity index (χ3v) is 5.23. The van der Waals surface area contributed by atoms with Crippen molar-refractivity contribution in [3.8, 4) is 5.75 Å². The second kappa shape index (κ2) is 8.26. The molecule has 1 saturated carbocycles. The van der Waals surface area contributed by atoms with Gasteiger partial charge < -0.3 is 10.1 Å². The van der Waals surface area contributed by atoms with Gasteiger partial charge in [0.2, 0.25) is 5.91 Å². The number of hydrogen-bond donors (Lipinski definition) is 1. The first-order valence-corrected chi connectivity index (χ1v) is 9.91. The van der Waals surface area contributed by atoms with Gasteiger partial charge in [0.05, 0.1) is 36.3 Å². The Bertz CT molecular complexity index is 1100. The Labute approximate surface area is 180 Å². The molecule has 1 fully saturated rings. The smallest absolute Gasteiger partial charge is 0.436 e. The highest BCUT2D eigenvalue weighted by atomic mass is 35.5. The summed E-state index contributed by atoms with van der Waals surface area (Å²) in [6, 6.07) is 7.49. The Morgan fingerprint density at radius 3 is 2.81 bits per heavy atom. The lowest BCUT2D eigenvalue weighted by Crippen LogP contribution is -2.21. The lowest BCUT2D eigenvalue weighted by molar-refractivity contribution is -0.141. The summed E-state index contributed by atoms with van der Waals surface area (Å²) in [5.41, 5.74) is 0.489. The van der Waals surface area contributed by atoms with Crippen LogP contribution < -0.4 is 10.1 Å². The van der Waals surface area contributed by atoms with Crippen molar-refractivity contribution in [2.45, 2.75) is 38.0 Å². The van der Waals surface area contributed by atoms with Crippen LogP contribution in [0.2, 0.25) is 5.02 Å². The van der Waals surface area contributed by atoms with Crippen molar-refractivity contribution in [1.29, 1.82) is 0 Å². The van der Waals surface area contributed by atoms with Gasteiger partial charge in [0.15, 0.2) is 5.69 Å². The van der Waals surface area contributed by atoms with Gasteiger partial charge in [0.1, 0.15) is 12.3 Å². The molecule has 1 aliphatic rings. The highest BCUT2D eigenvalue weighted by molar-refractivity contribution is 6.32. The summed E-state index contributed by atoms with van der Waals surface area (Å²) in [4.78, 5) is 12.4. The molecule has 2 heterocycles. The van der Waals surface area contributed by atoms with Crippen LogP contribution >= 0.6 is 11.6 Å². The summed E-state index contributed by atoms with van der Waals surface area (Å²) in [5, 5.41) is 9.99. The first kappa shape index (κ1) is 21.2. The standard InChI is InChI=1S/C20H19ClF3N5O2/c1-31-15-4-2-3-12(7-15)9-28-10-14(8-25-28)26-16(30)11-29-18(13-5-6-13)17(21)19(27-29)20(22,23)24/h2-4,7-8,10,13H,5-6,9,11H2,1H3,(H,26,30). The number of halogens is 4. The Morgan fingerprint density at radius 2 is 2.13 bits per heavy atom. The number of alkyl halides is 3. The van der Waals surface area contributed by atoms with Gasteiger partial charge in [0, 0.05) is 12.1 Å². The molecule has 1 aromatic carbocycles. The number of amides is 1. The zero-order chi connectivity index (χ0) is 22.2. The number of hydrogen-bond acceptors (Lipinski definition) is 4. The van der Waals surface area contributed by atoms with E-state index in [0.29, 0.717) is 12.2 Å². The van der Waals surface area contributed by atoms with E-state index in [2.05, 4.69) is 15.5 Å². The lowest BCUT2D eigenvalue weighted by Gasteiger charge is -2.07. The molecule has 3 aromatic rings. The predicted molar refractivity (Wildman–Crippen MR) is 107 cm³/mol. The molecule has 4 rings (SSSR count). The molecule has 0 unspecified atom stereocenters. The van der Waals surface area contributed by atoms with Crippen molar-refractivity contribution >= 4 is 23.2 Å². The number of nitrogens with one attached hydrogen (secondary N) is 1. The Morgan fingerprint density at radius 1 is 1.35 bits per heavy atom. The van der Waals surface area contributed by atoms with Gasteiger partial charge in [-0.05, 0) is 30.5 Å². The monoisotopic (exact) mass is 453 g/mol. The minimum Gasteiger partial charge on any atom is -0.497 e. The van der Waals surface area contributed by atoms with Gasteiger partial charge in [-0.2, -0.15) is 23.4 Å². The van der Waals surface area contributed by atoms with E-state index in [9.17, 15) is 18.0 Å². The Balaban J connectivity index is 1.44. The van der Waals surface area contributed by atoms with Crippen molar-refractivity contribution in [2.24, 2.45) is 0 Å². The zero-order valence-corrected chi connectivity index (χ0v) is 17.2. The minimum atomic E-state index is -4.68. The average molecular weight is 454 g/mol. The molecule has 0 saturated heterocycles. The number of aromatic nitrogens is 4. The van der Waals surface area contributed by atoms with Gasteiger partial charge in [-0.25, -0.2) is 0 Å². The fourth-order valence-electron chi connectivity index (χ4n) is 3.31. The minimum absolute atomic E-state index is 0.102. The molecule has 0 bridgehead atoms. The molecule has 31 heavy (non-hydrogen) atoms. The molecule has 2 aromatic heterocycles. The lowest BCUT2D eigenvalue weighted by atomic mass is 10.2. The van der Waals surface area contributed by atoms with Crippen LogP contribution in [0.4, 0.5) is 18.9 Å². The number of carbonyl (C=O) groups excluding carboxylic acids is 1. The number of benzene rings is 1. The van der Waals surface area contributed by atoms with E-state index in [-0.39, 0.29) is 18.2 Å². The third-order valence-electron chi connectivity index (χ3n) is 4.85. The normalized spacial score (nSPS) is 14.0. The molecule has 1 aliphatic carbocycles. The summed E-state index contributed by atoms with van der Waals surface area (Å²) in [6.45, 7) is 0.0886. The Kier molecular flexibility index (Phi) is 5.65. The molecule has 11 heteroatoms. The van der Waals surface area contributed by atoms with Crippen LogP contribution in [0.15, 0.2) is 36.7 Å². The van der Waals surface area contributed by atoms with Gasteiger partial charge in [-0.15, -0.1) is 0 Å². The fraction of sp³-hybridized carbons (Fsp3) is 0.350.